The number of rotatable bonds is 3. The van der Waals surface area contributed by atoms with Crippen molar-refractivity contribution in [3.8, 4) is 5.75 Å². The van der Waals surface area contributed by atoms with E-state index in [1.54, 1.807) is 12.1 Å². The second kappa shape index (κ2) is 4.46. The highest BCUT2D eigenvalue weighted by Crippen LogP contribution is 2.28. The molecule has 6 nitrogen and oxygen atoms in total. The fourth-order valence-corrected chi connectivity index (χ4v) is 1.51. The zero-order valence-corrected chi connectivity index (χ0v) is 8.41. The number of nitro groups is 1. The van der Waals surface area contributed by atoms with Crippen LogP contribution in [-0.2, 0) is 4.74 Å². The van der Waals surface area contributed by atoms with Crippen LogP contribution in [0, 0.1) is 10.1 Å². The molecule has 0 bridgehead atoms. The van der Waals surface area contributed by atoms with E-state index in [1.165, 1.54) is 12.1 Å². The summed E-state index contributed by atoms with van der Waals surface area (Å²) in [5.74, 6) is 0.155. The van der Waals surface area contributed by atoms with Crippen molar-refractivity contribution in [3.05, 3.63) is 34.4 Å². The predicted molar refractivity (Wildman–Crippen MR) is 54.3 cm³/mol. The van der Waals surface area contributed by atoms with Crippen LogP contribution < -0.4 is 4.74 Å². The third-order valence-electron chi connectivity index (χ3n) is 2.34. The lowest BCUT2D eigenvalue weighted by atomic mass is 10.2. The van der Waals surface area contributed by atoms with Gasteiger partial charge in [0.05, 0.1) is 18.1 Å². The van der Waals surface area contributed by atoms with Crippen molar-refractivity contribution in [2.24, 2.45) is 0 Å². The summed E-state index contributed by atoms with van der Waals surface area (Å²) in [6.45, 7) is 0.443. The molecule has 2 unspecified atom stereocenters. The van der Waals surface area contributed by atoms with Gasteiger partial charge < -0.3 is 14.6 Å². The van der Waals surface area contributed by atoms with E-state index in [9.17, 15) is 15.2 Å². The molecule has 1 aromatic carbocycles. The molecule has 0 amide bonds. The lowest BCUT2D eigenvalue weighted by Crippen LogP contribution is -2.29. The molecule has 1 aromatic rings. The number of hydrogen-bond acceptors (Lipinski definition) is 5. The van der Waals surface area contributed by atoms with Crippen molar-refractivity contribution < 1.29 is 19.5 Å². The number of aliphatic hydroxyl groups excluding tert-OH is 1. The van der Waals surface area contributed by atoms with E-state index in [4.69, 9.17) is 9.47 Å². The van der Waals surface area contributed by atoms with Gasteiger partial charge in [0.25, 0.3) is 0 Å². The van der Waals surface area contributed by atoms with Gasteiger partial charge in [-0.05, 0) is 6.07 Å². The Kier molecular flexibility index (Phi) is 3.02. The Balaban J connectivity index is 2.17. The molecule has 2 atom stereocenters. The maximum absolute atomic E-state index is 10.7. The van der Waals surface area contributed by atoms with Gasteiger partial charge in [-0.25, -0.2) is 0 Å². The van der Waals surface area contributed by atoms with Crippen LogP contribution in [0.25, 0.3) is 0 Å². The molecule has 16 heavy (non-hydrogen) atoms. The number of hydrogen-bond donors (Lipinski definition) is 1. The van der Waals surface area contributed by atoms with E-state index < -0.39 is 17.1 Å². The van der Waals surface area contributed by atoms with Gasteiger partial charge >= 0.3 is 5.69 Å². The third kappa shape index (κ3) is 2.12. The fourth-order valence-electron chi connectivity index (χ4n) is 1.51. The summed E-state index contributed by atoms with van der Waals surface area (Å²) < 4.78 is 10.4. The first-order chi connectivity index (χ1) is 7.68. The number of nitrogens with zero attached hydrogens (tertiary/aromatic N) is 1. The van der Waals surface area contributed by atoms with E-state index in [-0.39, 0.29) is 24.7 Å². The molecule has 1 N–H and O–H groups in total. The number of benzene rings is 1. The Morgan fingerprint density at radius 1 is 1.44 bits per heavy atom. The van der Waals surface area contributed by atoms with Gasteiger partial charge in [-0.3, -0.25) is 10.1 Å². The Hall–Kier alpha value is -1.66. The van der Waals surface area contributed by atoms with Crippen LogP contribution in [0.5, 0.6) is 5.75 Å². The number of nitro benzene ring substituents is 1. The first-order valence-electron chi connectivity index (χ1n) is 4.84. The molecule has 0 aromatic heterocycles. The highest BCUT2D eigenvalue weighted by molar-refractivity contribution is 5.45. The van der Waals surface area contributed by atoms with E-state index in [1.807, 2.05) is 0 Å². The fraction of sp³-hybridized carbons (Fsp3) is 0.400. The maximum Gasteiger partial charge on any atom is 0.310 e. The molecule has 86 valence electrons. The zero-order valence-electron chi connectivity index (χ0n) is 8.41. The Morgan fingerprint density at radius 2 is 2.19 bits per heavy atom. The van der Waals surface area contributed by atoms with Crippen molar-refractivity contribution in [2.75, 3.05) is 13.2 Å². The molecule has 6 heteroatoms. The van der Waals surface area contributed by atoms with Gasteiger partial charge in [-0.2, -0.15) is 0 Å². The van der Waals surface area contributed by atoms with Crippen LogP contribution in [0.3, 0.4) is 0 Å². The zero-order chi connectivity index (χ0) is 11.5. The average molecular weight is 225 g/mol. The molecule has 1 aliphatic heterocycles. The second-order valence-corrected chi connectivity index (χ2v) is 3.49. The van der Waals surface area contributed by atoms with Crippen molar-refractivity contribution >= 4 is 5.69 Å². The van der Waals surface area contributed by atoms with E-state index in [0.717, 1.165) is 0 Å². The first-order valence-corrected chi connectivity index (χ1v) is 4.84. The van der Waals surface area contributed by atoms with Crippen LogP contribution >= 0.6 is 0 Å². The molecule has 1 heterocycles. The molecular weight excluding hydrogens is 214 g/mol. The van der Waals surface area contributed by atoms with Gasteiger partial charge in [-0.15, -0.1) is 0 Å². The van der Waals surface area contributed by atoms with Gasteiger partial charge in [-0.1, -0.05) is 12.1 Å². The quantitative estimate of drug-likeness (QED) is 0.605. The van der Waals surface area contributed by atoms with Crippen LogP contribution in [0.1, 0.15) is 0 Å². The lowest BCUT2D eigenvalue weighted by molar-refractivity contribution is -0.386. The molecule has 2 rings (SSSR count). The SMILES string of the molecule is O=[N+]([O-])c1ccccc1OC1COCC1O. The summed E-state index contributed by atoms with van der Waals surface area (Å²) in [6.07, 6.45) is -1.28. The molecule has 0 spiro atoms. The molecule has 0 aliphatic carbocycles. The molecular formula is C10H11NO5. The summed E-state index contributed by atoms with van der Waals surface area (Å²) >= 11 is 0. The summed E-state index contributed by atoms with van der Waals surface area (Å²) in [6, 6.07) is 6.07. The first kappa shape index (κ1) is 10.8. The van der Waals surface area contributed by atoms with Gasteiger partial charge in [0.1, 0.15) is 6.10 Å². The molecule has 0 radical (unpaired) electrons. The predicted octanol–water partition coefficient (Wildman–Crippen LogP) is 0.733. The van der Waals surface area contributed by atoms with Crippen LogP contribution in [0.2, 0.25) is 0 Å². The highest BCUT2D eigenvalue weighted by Gasteiger charge is 2.29. The number of aliphatic hydroxyl groups is 1. The van der Waals surface area contributed by atoms with Crippen LogP contribution in [0.15, 0.2) is 24.3 Å². The topological polar surface area (TPSA) is 81.8 Å². The van der Waals surface area contributed by atoms with Crippen LogP contribution in [0.4, 0.5) is 5.69 Å². The summed E-state index contributed by atoms with van der Waals surface area (Å²) in [5.41, 5.74) is -0.110. The Bertz CT molecular complexity index is 395. The maximum atomic E-state index is 10.7. The van der Waals surface area contributed by atoms with Crippen LogP contribution in [-0.4, -0.2) is 35.5 Å². The van der Waals surface area contributed by atoms with E-state index in [2.05, 4.69) is 0 Å². The lowest BCUT2D eigenvalue weighted by Gasteiger charge is -2.14. The number of ether oxygens (including phenoxy) is 2. The second-order valence-electron chi connectivity index (χ2n) is 3.49. The van der Waals surface area contributed by atoms with E-state index >= 15 is 0 Å². The van der Waals surface area contributed by atoms with E-state index in [0.29, 0.717) is 0 Å². The summed E-state index contributed by atoms with van der Waals surface area (Å²) in [4.78, 5) is 10.2. The smallest absolute Gasteiger partial charge is 0.310 e. The molecule has 1 aliphatic rings. The molecule has 1 saturated heterocycles. The highest BCUT2D eigenvalue weighted by atomic mass is 16.6. The van der Waals surface area contributed by atoms with Gasteiger partial charge in [0.2, 0.25) is 0 Å². The largest absolute Gasteiger partial charge is 0.478 e. The molecule has 1 fully saturated rings. The minimum atomic E-state index is -0.736. The minimum absolute atomic E-state index is 0.110. The van der Waals surface area contributed by atoms with Gasteiger partial charge in [0.15, 0.2) is 11.9 Å². The van der Waals surface area contributed by atoms with Crippen molar-refractivity contribution in [1.29, 1.82) is 0 Å². The third-order valence-corrected chi connectivity index (χ3v) is 2.34. The van der Waals surface area contributed by atoms with Crippen molar-refractivity contribution in [3.63, 3.8) is 0 Å². The molecule has 0 saturated carbocycles. The summed E-state index contributed by atoms with van der Waals surface area (Å²) in [7, 11) is 0. The summed E-state index contributed by atoms with van der Waals surface area (Å²) in [5, 5.41) is 20.2. The normalized spacial score (nSPS) is 24.3. The van der Waals surface area contributed by atoms with Gasteiger partial charge in [0, 0.05) is 6.07 Å². The standard InChI is InChI=1S/C10H11NO5/c12-8-5-15-6-10(8)16-9-4-2-1-3-7(9)11(13)14/h1-4,8,10,12H,5-6H2. The van der Waals surface area contributed by atoms with Crippen molar-refractivity contribution in [2.45, 2.75) is 12.2 Å². The Labute approximate surface area is 91.6 Å². The number of para-hydroxylation sites is 2. The minimum Gasteiger partial charge on any atom is -0.478 e. The van der Waals surface area contributed by atoms with Crippen molar-refractivity contribution in [1.82, 2.24) is 0 Å². The monoisotopic (exact) mass is 225 g/mol. The Morgan fingerprint density at radius 3 is 2.81 bits per heavy atom. The average Bonchev–Trinajstić information content (AvgIpc) is 2.65.